The van der Waals surface area contributed by atoms with Crippen LogP contribution in [0.1, 0.15) is 74.4 Å². The van der Waals surface area contributed by atoms with Crippen molar-refractivity contribution in [1.82, 2.24) is 15.2 Å². The van der Waals surface area contributed by atoms with Crippen molar-refractivity contribution in [3.63, 3.8) is 0 Å². The van der Waals surface area contributed by atoms with Gasteiger partial charge < -0.3 is 29.7 Å². The van der Waals surface area contributed by atoms with Crippen LogP contribution in [0, 0.1) is 0 Å². The first kappa shape index (κ1) is 51.7. The number of anilines is 1. The third kappa shape index (κ3) is 11.3. The zero-order valence-electron chi connectivity index (χ0n) is 41.8. The molecule has 2 aliphatic heterocycles. The number of hydrogen-bond donors (Lipinski definition) is 2. The molecule has 18 heteroatoms. The molecule has 4 aromatic carbocycles. The summed E-state index contributed by atoms with van der Waals surface area (Å²) in [6, 6.07) is 40.3. The summed E-state index contributed by atoms with van der Waals surface area (Å²) in [5, 5.41) is 14.1. The molecule has 9 rings (SSSR count). The molecular weight excluding hydrogens is 995 g/mol. The number of esters is 1. The fraction of sp³-hybridized carbons (Fsp3) is 0.304. The van der Waals surface area contributed by atoms with Gasteiger partial charge in [0.2, 0.25) is 12.4 Å². The largest absolute Gasteiger partial charge is 0.497 e. The molecular formula is C56H58N7O8S3+. The molecule has 2 aromatic heterocycles. The molecule has 3 aliphatic rings. The van der Waals surface area contributed by atoms with Crippen LogP contribution >= 0.6 is 34.9 Å². The van der Waals surface area contributed by atoms with Gasteiger partial charge in [0, 0.05) is 33.9 Å². The first-order valence-electron chi connectivity index (χ1n) is 24.3. The summed E-state index contributed by atoms with van der Waals surface area (Å²) in [6.45, 7) is 5.53. The highest BCUT2D eigenvalue weighted by Crippen LogP contribution is 2.43. The van der Waals surface area contributed by atoms with E-state index in [-0.39, 0.29) is 29.8 Å². The predicted octanol–water partition coefficient (Wildman–Crippen LogP) is 9.20. The number of amides is 3. The number of β-lactam (4-membered cyclic amide) rings is 1. The van der Waals surface area contributed by atoms with Gasteiger partial charge in [-0.3, -0.25) is 14.5 Å². The fourth-order valence-electron chi connectivity index (χ4n) is 9.31. The maximum Gasteiger partial charge on any atom is 0.464 e. The number of nitrogens with zero attached hydrogens (tertiary/aromatic N) is 5. The number of rotatable bonds is 18. The van der Waals surface area contributed by atoms with Crippen LogP contribution in [0.4, 0.5) is 9.93 Å². The van der Waals surface area contributed by atoms with E-state index in [0.717, 1.165) is 52.8 Å². The number of thiazole rings is 1. The Morgan fingerprint density at radius 3 is 2.03 bits per heavy atom. The second kappa shape index (κ2) is 22.9. The van der Waals surface area contributed by atoms with Crippen molar-refractivity contribution < 1.29 is 42.9 Å². The standard InChI is InChI=1S/C56H57N7O8S3/c1-55(2,3)71-54(67)63(42-23-15-16-24-42)61-31-29-44(30-32-61)72-34-38-35-73-51-47(50(65)62(51)48(38)52(66)70-33-37-25-27-43(68-4)28-26-37)58-49(64)46(60-69-5)45-36-74-53(57-45)59-56(39-17-9-6-10-18-39,40-19-11-7-12-20-40)41-21-13-8-14-22-41/h6-14,17-22,25-32,36,42,47,51H,15-16,23-24,33-35H2,1-5H3,(H-,57,58,59,64)/p+1/t47-,51-/m1/s1. The van der Waals surface area contributed by atoms with Crippen molar-refractivity contribution in [1.29, 1.82) is 0 Å². The molecule has 382 valence electrons. The number of carbonyl (C=O) groups is 4. The molecule has 74 heavy (non-hydrogen) atoms. The molecule has 6 aromatic rings. The van der Waals surface area contributed by atoms with Gasteiger partial charge in [0.05, 0.1) is 13.2 Å². The molecule has 0 unspecified atom stereocenters. The first-order valence-corrected chi connectivity index (χ1v) is 27.2. The lowest BCUT2D eigenvalue weighted by molar-refractivity contribution is -0.688. The minimum atomic E-state index is -0.997. The van der Waals surface area contributed by atoms with Gasteiger partial charge in [-0.2, -0.15) is 0 Å². The van der Waals surface area contributed by atoms with Crippen LogP contribution in [0.3, 0.4) is 0 Å². The molecule has 3 amide bonds. The third-order valence-corrected chi connectivity index (χ3v) is 16.0. The van der Waals surface area contributed by atoms with Gasteiger partial charge in [-0.05, 0) is 73.6 Å². The molecule has 2 N–H and O–H groups in total. The first-order chi connectivity index (χ1) is 35.9. The van der Waals surface area contributed by atoms with Gasteiger partial charge in [0.25, 0.3) is 11.8 Å². The van der Waals surface area contributed by atoms with Crippen LogP contribution in [-0.4, -0.2) is 88.3 Å². The Morgan fingerprint density at radius 1 is 0.851 bits per heavy atom. The molecule has 15 nitrogen and oxygen atoms in total. The van der Waals surface area contributed by atoms with Crippen LogP contribution in [0.2, 0.25) is 0 Å². The number of ether oxygens (including phenoxy) is 3. The Bertz CT molecular complexity index is 2900. The number of benzene rings is 4. The number of aromatic nitrogens is 2. The van der Waals surface area contributed by atoms with E-state index in [9.17, 15) is 19.2 Å². The van der Waals surface area contributed by atoms with E-state index in [1.165, 1.54) is 46.9 Å². The Labute approximate surface area is 443 Å². The normalized spacial score (nSPS) is 17.0. The van der Waals surface area contributed by atoms with Crippen LogP contribution < -0.4 is 25.1 Å². The highest BCUT2D eigenvalue weighted by atomic mass is 32.2. The van der Waals surface area contributed by atoms with E-state index >= 15 is 0 Å². The monoisotopic (exact) mass is 1050 g/mol. The van der Waals surface area contributed by atoms with Crippen molar-refractivity contribution >= 4 is 69.6 Å². The summed E-state index contributed by atoms with van der Waals surface area (Å²) in [4.78, 5) is 68.7. The molecule has 2 atom stereocenters. The lowest BCUT2D eigenvalue weighted by atomic mass is 9.77. The average molecular weight is 1050 g/mol. The van der Waals surface area contributed by atoms with E-state index in [2.05, 4.69) is 52.2 Å². The number of hydrogen-bond acceptors (Lipinski definition) is 14. The van der Waals surface area contributed by atoms with Crippen molar-refractivity contribution in [2.45, 2.75) is 86.6 Å². The Kier molecular flexibility index (Phi) is 16.0. The molecule has 1 saturated carbocycles. The van der Waals surface area contributed by atoms with Crippen molar-refractivity contribution in [2.75, 3.05) is 36.1 Å². The third-order valence-electron chi connectivity index (χ3n) is 12.8. The van der Waals surface area contributed by atoms with Crippen LogP contribution in [-0.2, 0) is 40.8 Å². The Balaban J connectivity index is 0.939. The van der Waals surface area contributed by atoms with Gasteiger partial charge in [0.1, 0.15) is 53.4 Å². The lowest BCUT2D eigenvalue weighted by Crippen LogP contribution is -2.71. The molecule has 1 aliphatic carbocycles. The van der Waals surface area contributed by atoms with E-state index in [1.54, 1.807) is 34.3 Å². The zero-order chi connectivity index (χ0) is 51.8. The molecule has 1 saturated heterocycles. The molecule has 0 spiro atoms. The number of oxime groups is 1. The van der Waals surface area contributed by atoms with Crippen LogP contribution in [0.25, 0.3) is 0 Å². The number of carbonyl (C=O) groups excluding carboxylic acids is 4. The van der Waals surface area contributed by atoms with Gasteiger partial charge in [-0.1, -0.05) is 131 Å². The van der Waals surface area contributed by atoms with Gasteiger partial charge in [-0.15, -0.1) is 34.9 Å². The van der Waals surface area contributed by atoms with Gasteiger partial charge >= 0.3 is 12.1 Å². The summed E-state index contributed by atoms with van der Waals surface area (Å²) < 4.78 is 18.8. The van der Waals surface area contributed by atoms with E-state index < -0.39 is 46.4 Å². The average Bonchev–Trinajstić information content (AvgIpc) is 4.13. The summed E-state index contributed by atoms with van der Waals surface area (Å²) in [5.41, 5.74) is 3.12. The van der Waals surface area contributed by atoms with Gasteiger partial charge in [0.15, 0.2) is 10.8 Å². The Morgan fingerprint density at radius 2 is 1.46 bits per heavy atom. The van der Waals surface area contributed by atoms with Crippen molar-refractivity contribution in [2.24, 2.45) is 5.16 Å². The topological polar surface area (TPSA) is 165 Å². The smallest absolute Gasteiger partial charge is 0.464 e. The highest BCUT2D eigenvalue weighted by molar-refractivity contribution is 8.01. The van der Waals surface area contributed by atoms with Gasteiger partial charge in [-0.25, -0.2) is 14.6 Å². The number of thioether (sulfide) groups is 2. The predicted molar refractivity (Wildman–Crippen MR) is 287 cm³/mol. The van der Waals surface area contributed by atoms with Crippen LogP contribution in [0.5, 0.6) is 5.75 Å². The lowest BCUT2D eigenvalue weighted by Gasteiger charge is -2.49. The van der Waals surface area contributed by atoms with Crippen LogP contribution in [0.15, 0.2) is 166 Å². The molecule has 4 heterocycles. The quantitative estimate of drug-likeness (QED) is 0.0160. The van der Waals surface area contributed by atoms with Crippen molar-refractivity contribution in [3.05, 3.63) is 184 Å². The SMILES string of the molecule is CON=C(C(=O)N[C@@H]1C(=O)N2C(C(=O)OCc3ccc(OC)cc3)=C(CSc3cc[n+](N(C(=O)OC(C)(C)C)C4CCCC4)cc3)CS[C@H]12)c1csc(NC(c2ccccc2)(c2ccccc2)c2ccccc2)n1. The number of fused-ring (bicyclic) bond motifs is 1. The Hall–Kier alpha value is -7.15. The second-order valence-electron chi connectivity index (χ2n) is 18.8. The summed E-state index contributed by atoms with van der Waals surface area (Å²) in [6.07, 6.45) is 7.15. The number of methoxy groups -OCH3 is 1. The minimum Gasteiger partial charge on any atom is -0.497 e. The van der Waals surface area contributed by atoms with E-state index in [0.29, 0.717) is 28.0 Å². The molecule has 0 radical (unpaired) electrons. The molecule has 2 fully saturated rings. The minimum absolute atomic E-state index is 0.0210. The molecule has 0 bridgehead atoms. The second-order valence-corrected chi connectivity index (χ2v) is 21.8. The van der Waals surface area contributed by atoms with E-state index in [1.807, 2.05) is 112 Å². The maximum absolute atomic E-state index is 14.3. The maximum atomic E-state index is 14.3. The zero-order valence-corrected chi connectivity index (χ0v) is 44.2. The summed E-state index contributed by atoms with van der Waals surface area (Å²) in [7, 11) is 2.92. The van der Waals surface area contributed by atoms with Crippen molar-refractivity contribution in [3.8, 4) is 5.75 Å². The summed E-state index contributed by atoms with van der Waals surface area (Å²) >= 11 is 4.25. The highest BCUT2D eigenvalue weighted by Gasteiger charge is 2.55. The number of pyridine rings is 1. The number of nitrogens with one attached hydrogen (secondary N) is 2. The van der Waals surface area contributed by atoms with E-state index in [4.69, 9.17) is 24.0 Å². The fourth-order valence-corrected chi connectivity index (χ4v) is 12.4. The summed E-state index contributed by atoms with van der Waals surface area (Å²) in [5.74, 6) is -0.388.